The van der Waals surface area contributed by atoms with E-state index in [0.717, 1.165) is 19.6 Å². The maximum Gasteiger partial charge on any atom is 0.140 e. The summed E-state index contributed by atoms with van der Waals surface area (Å²) in [6, 6.07) is 4.00. The van der Waals surface area contributed by atoms with E-state index >= 15 is 0 Å². The molecule has 0 radical (unpaired) electrons. The van der Waals surface area contributed by atoms with E-state index in [2.05, 4.69) is 29.2 Å². The minimum Gasteiger partial charge on any atom is -0.373 e. The summed E-state index contributed by atoms with van der Waals surface area (Å²) < 4.78 is 5.71. The zero-order valence-electron chi connectivity index (χ0n) is 10.4. The SMILES string of the molecule is CC1CN(Cc2ccnc(NN)c2)CC(C)O1. The van der Waals surface area contributed by atoms with Gasteiger partial charge < -0.3 is 10.2 Å². The van der Waals surface area contributed by atoms with Crippen molar-refractivity contribution in [3.05, 3.63) is 23.9 Å². The van der Waals surface area contributed by atoms with Crippen LogP contribution in [0.15, 0.2) is 18.3 Å². The third kappa shape index (κ3) is 3.39. The van der Waals surface area contributed by atoms with Crippen LogP contribution in [0.5, 0.6) is 0 Å². The van der Waals surface area contributed by atoms with Crippen molar-refractivity contribution in [3.63, 3.8) is 0 Å². The van der Waals surface area contributed by atoms with Gasteiger partial charge in [0.05, 0.1) is 12.2 Å². The number of hydrazine groups is 1. The van der Waals surface area contributed by atoms with Gasteiger partial charge in [0.15, 0.2) is 0 Å². The number of nitrogens with two attached hydrogens (primary N) is 1. The fourth-order valence-electron chi connectivity index (χ4n) is 2.32. The number of nitrogens with zero attached hydrogens (tertiary/aromatic N) is 2. The molecule has 5 heteroatoms. The van der Waals surface area contributed by atoms with Crippen LogP contribution < -0.4 is 11.3 Å². The second-order valence-corrected chi connectivity index (χ2v) is 4.65. The zero-order valence-corrected chi connectivity index (χ0v) is 10.4. The van der Waals surface area contributed by atoms with Crippen LogP contribution in [-0.4, -0.2) is 35.2 Å². The fourth-order valence-corrected chi connectivity index (χ4v) is 2.32. The van der Waals surface area contributed by atoms with Gasteiger partial charge in [-0.15, -0.1) is 0 Å². The van der Waals surface area contributed by atoms with Crippen molar-refractivity contribution in [2.45, 2.75) is 32.6 Å². The smallest absolute Gasteiger partial charge is 0.140 e. The van der Waals surface area contributed by atoms with Crippen molar-refractivity contribution in [2.75, 3.05) is 18.5 Å². The van der Waals surface area contributed by atoms with Gasteiger partial charge in [-0.3, -0.25) is 4.90 Å². The summed E-state index contributed by atoms with van der Waals surface area (Å²) in [5, 5.41) is 0. The Balaban J connectivity index is 1.99. The van der Waals surface area contributed by atoms with Crippen LogP contribution in [0.1, 0.15) is 19.4 Å². The molecule has 2 atom stereocenters. The van der Waals surface area contributed by atoms with Gasteiger partial charge in [0.1, 0.15) is 5.82 Å². The monoisotopic (exact) mass is 236 g/mol. The molecule has 5 nitrogen and oxygen atoms in total. The molecule has 0 aliphatic carbocycles. The molecule has 94 valence electrons. The fraction of sp³-hybridized carbons (Fsp3) is 0.583. The predicted octanol–water partition coefficient (Wildman–Crippen LogP) is 0.976. The molecule has 1 aliphatic rings. The first-order valence-corrected chi connectivity index (χ1v) is 5.96. The van der Waals surface area contributed by atoms with Crippen LogP contribution in [0.25, 0.3) is 0 Å². The lowest BCUT2D eigenvalue weighted by molar-refractivity contribution is -0.0704. The molecule has 2 unspecified atom stereocenters. The van der Waals surface area contributed by atoms with Gasteiger partial charge in [0, 0.05) is 25.8 Å². The number of nitrogens with one attached hydrogen (secondary N) is 1. The molecule has 1 fully saturated rings. The van der Waals surface area contributed by atoms with E-state index in [4.69, 9.17) is 10.6 Å². The second kappa shape index (κ2) is 5.44. The topological polar surface area (TPSA) is 63.4 Å². The zero-order chi connectivity index (χ0) is 12.3. The maximum absolute atomic E-state index is 5.71. The number of aromatic nitrogens is 1. The molecule has 3 N–H and O–H groups in total. The van der Waals surface area contributed by atoms with Crippen molar-refractivity contribution >= 4 is 5.82 Å². The Bertz CT molecular complexity index is 361. The van der Waals surface area contributed by atoms with E-state index in [1.165, 1.54) is 5.56 Å². The van der Waals surface area contributed by atoms with Crippen LogP contribution in [-0.2, 0) is 11.3 Å². The summed E-state index contributed by atoms with van der Waals surface area (Å²) in [6.07, 6.45) is 2.37. The van der Waals surface area contributed by atoms with Gasteiger partial charge in [0.25, 0.3) is 0 Å². The minimum absolute atomic E-state index is 0.299. The number of rotatable bonds is 3. The number of morpholine rings is 1. The van der Waals surface area contributed by atoms with Crippen LogP contribution >= 0.6 is 0 Å². The molecular formula is C12H20N4O. The van der Waals surface area contributed by atoms with E-state index in [1.807, 2.05) is 12.1 Å². The first-order chi connectivity index (χ1) is 8.17. The Labute approximate surface area is 102 Å². The molecule has 1 aromatic rings. The van der Waals surface area contributed by atoms with Gasteiger partial charge in [-0.05, 0) is 31.5 Å². The van der Waals surface area contributed by atoms with Crippen LogP contribution in [0, 0.1) is 0 Å². The number of ether oxygens (including phenoxy) is 1. The highest BCUT2D eigenvalue weighted by atomic mass is 16.5. The molecule has 0 spiro atoms. The molecule has 0 amide bonds. The Morgan fingerprint density at radius 3 is 2.82 bits per heavy atom. The molecule has 1 saturated heterocycles. The summed E-state index contributed by atoms with van der Waals surface area (Å²) in [4.78, 5) is 6.50. The molecule has 2 heterocycles. The molecule has 1 aliphatic heterocycles. The van der Waals surface area contributed by atoms with Crippen molar-refractivity contribution in [3.8, 4) is 0 Å². The Hall–Kier alpha value is -1.17. The Kier molecular flexibility index (Phi) is 3.93. The second-order valence-electron chi connectivity index (χ2n) is 4.65. The number of nitrogen functional groups attached to an aromatic ring is 1. The molecule has 1 aromatic heterocycles. The highest BCUT2D eigenvalue weighted by Crippen LogP contribution is 2.15. The molecule has 0 saturated carbocycles. The molecule has 0 aromatic carbocycles. The van der Waals surface area contributed by atoms with E-state index in [1.54, 1.807) is 6.20 Å². The lowest BCUT2D eigenvalue weighted by Crippen LogP contribution is -2.44. The third-order valence-electron chi connectivity index (χ3n) is 2.87. The average molecular weight is 236 g/mol. The summed E-state index contributed by atoms with van der Waals surface area (Å²) in [5.41, 5.74) is 3.78. The van der Waals surface area contributed by atoms with Gasteiger partial charge >= 0.3 is 0 Å². The predicted molar refractivity (Wildman–Crippen MR) is 67.3 cm³/mol. The molecular weight excluding hydrogens is 216 g/mol. The van der Waals surface area contributed by atoms with Crippen molar-refractivity contribution in [2.24, 2.45) is 5.84 Å². The number of anilines is 1. The lowest BCUT2D eigenvalue weighted by atomic mass is 10.2. The van der Waals surface area contributed by atoms with E-state index in [-0.39, 0.29) is 0 Å². The average Bonchev–Trinajstić information content (AvgIpc) is 2.28. The maximum atomic E-state index is 5.71. The van der Waals surface area contributed by atoms with Gasteiger partial charge in [0.2, 0.25) is 0 Å². The Morgan fingerprint density at radius 2 is 2.18 bits per heavy atom. The van der Waals surface area contributed by atoms with Crippen LogP contribution in [0.2, 0.25) is 0 Å². The first-order valence-electron chi connectivity index (χ1n) is 5.96. The third-order valence-corrected chi connectivity index (χ3v) is 2.87. The standard InChI is InChI=1S/C12H20N4O/c1-9-6-16(7-10(2)17-9)8-11-3-4-14-12(5-11)15-13/h3-5,9-10H,6-8,13H2,1-2H3,(H,14,15). The summed E-state index contributed by atoms with van der Waals surface area (Å²) in [7, 11) is 0. The minimum atomic E-state index is 0.299. The van der Waals surface area contributed by atoms with Crippen LogP contribution in [0.3, 0.4) is 0 Å². The Morgan fingerprint density at radius 1 is 1.47 bits per heavy atom. The van der Waals surface area contributed by atoms with Crippen molar-refractivity contribution in [1.82, 2.24) is 9.88 Å². The molecule has 17 heavy (non-hydrogen) atoms. The number of hydrogen-bond donors (Lipinski definition) is 2. The highest BCUT2D eigenvalue weighted by Gasteiger charge is 2.21. The van der Waals surface area contributed by atoms with E-state index in [0.29, 0.717) is 18.0 Å². The number of pyridine rings is 1. The van der Waals surface area contributed by atoms with Gasteiger partial charge in [-0.2, -0.15) is 0 Å². The van der Waals surface area contributed by atoms with Gasteiger partial charge in [-0.25, -0.2) is 10.8 Å². The summed E-state index contributed by atoms with van der Waals surface area (Å²) in [6.45, 7) is 7.08. The molecule has 0 bridgehead atoms. The van der Waals surface area contributed by atoms with Crippen LogP contribution in [0.4, 0.5) is 5.82 Å². The van der Waals surface area contributed by atoms with E-state index < -0.39 is 0 Å². The largest absolute Gasteiger partial charge is 0.373 e. The molecule has 2 rings (SSSR count). The van der Waals surface area contributed by atoms with Gasteiger partial charge in [-0.1, -0.05) is 0 Å². The van der Waals surface area contributed by atoms with Crippen molar-refractivity contribution in [1.29, 1.82) is 0 Å². The summed E-state index contributed by atoms with van der Waals surface area (Å²) in [5.74, 6) is 6.06. The highest BCUT2D eigenvalue weighted by molar-refractivity contribution is 5.35. The van der Waals surface area contributed by atoms with E-state index in [9.17, 15) is 0 Å². The lowest BCUT2D eigenvalue weighted by Gasteiger charge is -2.35. The quantitative estimate of drug-likeness (QED) is 0.605. The number of hydrogen-bond acceptors (Lipinski definition) is 5. The van der Waals surface area contributed by atoms with Crippen molar-refractivity contribution < 1.29 is 4.74 Å². The summed E-state index contributed by atoms with van der Waals surface area (Å²) >= 11 is 0. The first kappa shape index (κ1) is 12.3. The normalized spacial score (nSPS) is 25.8.